The normalized spacial score (nSPS) is 9.92. The molecular weight excluding hydrogens is 180 g/mol. The number of rotatable bonds is 3. The van der Waals surface area contributed by atoms with Gasteiger partial charge in [0.15, 0.2) is 0 Å². The maximum atomic E-state index is 8.91. The van der Waals surface area contributed by atoms with Crippen LogP contribution in [0.2, 0.25) is 0 Å². The van der Waals surface area contributed by atoms with Crippen LogP contribution in [-0.2, 0) is 12.8 Å². The summed E-state index contributed by atoms with van der Waals surface area (Å²) in [4.78, 5) is 1.27. The van der Waals surface area contributed by atoms with E-state index in [1.54, 1.807) is 11.3 Å². The minimum atomic E-state index is 0.683. The predicted octanol–water partition coefficient (Wildman–Crippen LogP) is 2.72. The summed E-state index contributed by atoms with van der Waals surface area (Å²) in [6.07, 6.45) is 3.02. The first-order chi connectivity index (χ1) is 6.24. The second-order valence-corrected chi connectivity index (χ2v) is 4.10. The molecule has 1 rings (SSSR count). The van der Waals surface area contributed by atoms with Gasteiger partial charge in [0.25, 0.3) is 0 Å². The number of hydrogen-bond acceptors (Lipinski definition) is 3. The van der Waals surface area contributed by atoms with Gasteiger partial charge >= 0.3 is 0 Å². The summed E-state index contributed by atoms with van der Waals surface area (Å²) in [5.74, 6) is 0. The standard InChI is InChI=1S/C10H14N2S/c1-3-5-7-8(6-11)10(12)13-9(7)4-2/h3-5,12H2,1-2H3. The lowest BCUT2D eigenvalue weighted by molar-refractivity contribution is 0.907. The van der Waals surface area contributed by atoms with E-state index >= 15 is 0 Å². The Kier molecular flexibility index (Phi) is 3.32. The van der Waals surface area contributed by atoms with Gasteiger partial charge in [-0.15, -0.1) is 11.3 Å². The molecule has 0 fully saturated rings. The quantitative estimate of drug-likeness (QED) is 0.804. The molecule has 2 N–H and O–H groups in total. The van der Waals surface area contributed by atoms with E-state index in [2.05, 4.69) is 19.9 Å². The molecule has 1 aromatic rings. The lowest BCUT2D eigenvalue weighted by atomic mass is 10.1. The number of aryl methyl sites for hydroxylation is 1. The first kappa shape index (κ1) is 10.1. The van der Waals surface area contributed by atoms with Crippen molar-refractivity contribution < 1.29 is 0 Å². The zero-order chi connectivity index (χ0) is 9.84. The third-order valence-corrected chi connectivity index (χ3v) is 3.26. The molecule has 0 aliphatic heterocycles. The molecule has 1 aromatic heterocycles. The molecule has 3 heteroatoms. The molecule has 70 valence electrons. The fraction of sp³-hybridized carbons (Fsp3) is 0.500. The molecule has 0 saturated carbocycles. The van der Waals surface area contributed by atoms with Crippen LogP contribution in [0.15, 0.2) is 0 Å². The zero-order valence-electron chi connectivity index (χ0n) is 8.05. The molecule has 0 aliphatic carbocycles. The van der Waals surface area contributed by atoms with Crippen molar-refractivity contribution >= 4 is 16.3 Å². The van der Waals surface area contributed by atoms with Crippen LogP contribution < -0.4 is 5.73 Å². The summed E-state index contributed by atoms with van der Waals surface area (Å²) < 4.78 is 0. The number of anilines is 1. The summed E-state index contributed by atoms with van der Waals surface area (Å²) in [6, 6.07) is 2.19. The van der Waals surface area contributed by atoms with E-state index in [4.69, 9.17) is 11.0 Å². The van der Waals surface area contributed by atoms with Crippen LogP contribution in [0, 0.1) is 11.3 Å². The highest BCUT2D eigenvalue weighted by Crippen LogP contribution is 2.31. The zero-order valence-corrected chi connectivity index (χ0v) is 8.87. The minimum absolute atomic E-state index is 0.683. The molecule has 0 atom stereocenters. The first-order valence-electron chi connectivity index (χ1n) is 4.54. The van der Waals surface area contributed by atoms with Gasteiger partial charge in [0.05, 0.1) is 5.56 Å². The molecule has 0 bridgehead atoms. The van der Waals surface area contributed by atoms with Crippen molar-refractivity contribution in [3.05, 3.63) is 16.0 Å². The highest BCUT2D eigenvalue weighted by molar-refractivity contribution is 7.16. The van der Waals surface area contributed by atoms with Crippen molar-refractivity contribution in [2.24, 2.45) is 0 Å². The predicted molar refractivity (Wildman–Crippen MR) is 56.8 cm³/mol. The molecular formula is C10H14N2S. The first-order valence-corrected chi connectivity index (χ1v) is 5.36. The van der Waals surface area contributed by atoms with Crippen LogP contribution >= 0.6 is 11.3 Å². The molecule has 0 unspecified atom stereocenters. The van der Waals surface area contributed by atoms with Gasteiger partial charge in [0.1, 0.15) is 11.1 Å². The number of nitriles is 1. The molecule has 0 amide bonds. The van der Waals surface area contributed by atoms with Crippen LogP contribution in [0.5, 0.6) is 0 Å². The summed E-state index contributed by atoms with van der Waals surface area (Å²) in [5, 5.41) is 9.59. The van der Waals surface area contributed by atoms with Gasteiger partial charge in [-0.25, -0.2) is 0 Å². The topological polar surface area (TPSA) is 49.8 Å². The Morgan fingerprint density at radius 1 is 1.46 bits per heavy atom. The van der Waals surface area contributed by atoms with Crippen LogP contribution in [0.3, 0.4) is 0 Å². The maximum Gasteiger partial charge on any atom is 0.104 e. The van der Waals surface area contributed by atoms with Gasteiger partial charge in [0, 0.05) is 4.88 Å². The Morgan fingerprint density at radius 3 is 2.62 bits per heavy atom. The lowest BCUT2D eigenvalue weighted by Crippen LogP contribution is -1.91. The van der Waals surface area contributed by atoms with E-state index in [1.807, 2.05) is 0 Å². The summed E-state index contributed by atoms with van der Waals surface area (Å²) in [5.41, 5.74) is 7.64. The highest BCUT2D eigenvalue weighted by Gasteiger charge is 2.13. The van der Waals surface area contributed by atoms with Crippen LogP contribution in [0.4, 0.5) is 5.00 Å². The Balaban J connectivity index is 3.17. The van der Waals surface area contributed by atoms with Crippen molar-refractivity contribution in [3.63, 3.8) is 0 Å². The number of nitrogen functional groups attached to an aromatic ring is 1. The smallest absolute Gasteiger partial charge is 0.104 e. The Hall–Kier alpha value is -1.01. The van der Waals surface area contributed by atoms with Gasteiger partial charge in [-0.1, -0.05) is 20.3 Å². The fourth-order valence-corrected chi connectivity index (χ4v) is 2.46. The Labute approximate surface area is 83.0 Å². The molecule has 0 radical (unpaired) electrons. The monoisotopic (exact) mass is 194 g/mol. The summed E-state index contributed by atoms with van der Waals surface area (Å²) in [7, 11) is 0. The second-order valence-electron chi connectivity index (χ2n) is 2.96. The van der Waals surface area contributed by atoms with E-state index in [9.17, 15) is 0 Å². The van der Waals surface area contributed by atoms with Gasteiger partial charge in [-0.2, -0.15) is 5.26 Å². The second kappa shape index (κ2) is 4.29. The largest absolute Gasteiger partial charge is 0.389 e. The van der Waals surface area contributed by atoms with Crippen molar-refractivity contribution in [3.8, 4) is 6.07 Å². The molecule has 0 saturated heterocycles. The minimum Gasteiger partial charge on any atom is -0.389 e. The molecule has 2 nitrogen and oxygen atoms in total. The average Bonchev–Trinajstić information content (AvgIpc) is 2.43. The highest BCUT2D eigenvalue weighted by atomic mass is 32.1. The van der Waals surface area contributed by atoms with Crippen molar-refractivity contribution in [1.82, 2.24) is 0 Å². The SMILES string of the molecule is CCCc1c(CC)sc(N)c1C#N. The molecule has 0 spiro atoms. The van der Waals surface area contributed by atoms with E-state index in [1.165, 1.54) is 10.4 Å². The number of nitrogens with zero attached hydrogens (tertiary/aromatic N) is 1. The van der Waals surface area contributed by atoms with Crippen LogP contribution in [-0.4, -0.2) is 0 Å². The van der Waals surface area contributed by atoms with Gasteiger partial charge in [0.2, 0.25) is 0 Å². The molecule has 0 aromatic carbocycles. The van der Waals surface area contributed by atoms with Crippen LogP contribution in [0.1, 0.15) is 36.3 Å². The van der Waals surface area contributed by atoms with Crippen LogP contribution in [0.25, 0.3) is 0 Å². The average molecular weight is 194 g/mol. The van der Waals surface area contributed by atoms with E-state index in [-0.39, 0.29) is 0 Å². The van der Waals surface area contributed by atoms with E-state index < -0.39 is 0 Å². The van der Waals surface area contributed by atoms with Gasteiger partial charge < -0.3 is 5.73 Å². The Bertz CT molecular complexity index is 333. The van der Waals surface area contributed by atoms with Crippen molar-refractivity contribution in [1.29, 1.82) is 5.26 Å². The lowest BCUT2D eigenvalue weighted by Gasteiger charge is -1.98. The fourth-order valence-electron chi connectivity index (χ4n) is 1.46. The van der Waals surface area contributed by atoms with E-state index in [0.717, 1.165) is 19.3 Å². The number of hydrogen-bond donors (Lipinski definition) is 1. The summed E-state index contributed by atoms with van der Waals surface area (Å²) in [6.45, 7) is 4.22. The van der Waals surface area contributed by atoms with E-state index in [0.29, 0.717) is 10.6 Å². The summed E-state index contributed by atoms with van der Waals surface area (Å²) >= 11 is 1.56. The molecule has 1 heterocycles. The Morgan fingerprint density at radius 2 is 2.15 bits per heavy atom. The third kappa shape index (κ3) is 1.84. The number of nitrogens with two attached hydrogens (primary N) is 1. The van der Waals surface area contributed by atoms with Gasteiger partial charge in [-0.3, -0.25) is 0 Å². The molecule has 13 heavy (non-hydrogen) atoms. The maximum absolute atomic E-state index is 8.91. The number of thiophene rings is 1. The third-order valence-electron chi connectivity index (χ3n) is 2.05. The van der Waals surface area contributed by atoms with Crippen molar-refractivity contribution in [2.45, 2.75) is 33.1 Å². The molecule has 0 aliphatic rings. The van der Waals surface area contributed by atoms with Gasteiger partial charge in [-0.05, 0) is 18.4 Å². The van der Waals surface area contributed by atoms with Crippen molar-refractivity contribution in [2.75, 3.05) is 5.73 Å².